The summed E-state index contributed by atoms with van der Waals surface area (Å²) < 4.78 is 9.55. The number of aliphatic hydroxyl groups is 1. The van der Waals surface area contributed by atoms with Crippen molar-refractivity contribution in [1.82, 2.24) is 0 Å². The van der Waals surface area contributed by atoms with Gasteiger partial charge in [-0.3, -0.25) is 4.79 Å². The van der Waals surface area contributed by atoms with Crippen LogP contribution in [-0.4, -0.2) is 37.5 Å². The normalized spacial score (nSPS) is 12.5. The van der Waals surface area contributed by atoms with E-state index in [2.05, 4.69) is 4.74 Å². The third kappa shape index (κ3) is 7.29. The van der Waals surface area contributed by atoms with Gasteiger partial charge in [0.05, 0.1) is 25.9 Å². The predicted octanol–water partition coefficient (Wildman–Crippen LogP) is -0.0531. The Morgan fingerprint density at radius 1 is 1.55 bits per heavy atom. The van der Waals surface area contributed by atoms with E-state index in [-0.39, 0.29) is 12.7 Å². The first-order valence-electron chi connectivity index (χ1n) is 3.59. The van der Waals surface area contributed by atoms with Crippen molar-refractivity contribution < 1.29 is 19.4 Å². The van der Waals surface area contributed by atoms with E-state index in [1.807, 2.05) is 6.92 Å². The van der Waals surface area contributed by atoms with E-state index in [0.717, 1.165) is 0 Å². The Labute approximate surface area is 66.1 Å². The minimum atomic E-state index is 0.0267. The quantitative estimate of drug-likeness (QED) is 0.421. The number of rotatable bonds is 7. The summed E-state index contributed by atoms with van der Waals surface area (Å²) in [6.07, 6.45) is 0.695. The van der Waals surface area contributed by atoms with Crippen molar-refractivity contribution in [3.63, 3.8) is 0 Å². The summed E-state index contributed by atoms with van der Waals surface area (Å²) in [5, 5.41) is 8.37. The first-order valence-corrected chi connectivity index (χ1v) is 3.59. The Balaban J connectivity index is 3.08. The molecule has 0 bridgehead atoms. The van der Waals surface area contributed by atoms with E-state index in [1.165, 1.54) is 0 Å². The Morgan fingerprint density at radius 2 is 2.27 bits per heavy atom. The minimum absolute atomic E-state index is 0.0267. The molecule has 0 heterocycles. The first kappa shape index (κ1) is 10.4. The molecule has 1 unspecified atom stereocenters. The summed E-state index contributed by atoms with van der Waals surface area (Å²) >= 11 is 0. The van der Waals surface area contributed by atoms with Crippen LogP contribution in [0.2, 0.25) is 0 Å². The van der Waals surface area contributed by atoms with Crippen molar-refractivity contribution >= 4 is 6.47 Å². The largest absolute Gasteiger partial charge is 0.468 e. The lowest BCUT2D eigenvalue weighted by Crippen LogP contribution is -2.13. The fourth-order valence-electron chi connectivity index (χ4n) is 0.619. The average molecular weight is 162 g/mol. The van der Waals surface area contributed by atoms with Crippen LogP contribution in [-0.2, 0) is 14.3 Å². The molecule has 0 aromatic rings. The van der Waals surface area contributed by atoms with Crippen molar-refractivity contribution in [3.05, 3.63) is 0 Å². The summed E-state index contributed by atoms with van der Waals surface area (Å²) in [6, 6.07) is 0. The van der Waals surface area contributed by atoms with Crippen molar-refractivity contribution in [2.75, 3.05) is 19.8 Å². The van der Waals surface area contributed by atoms with Gasteiger partial charge in [-0.2, -0.15) is 0 Å². The summed E-state index contributed by atoms with van der Waals surface area (Å²) in [6.45, 7) is 3.01. The van der Waals surface area contributed by atoms with Crippen LogP contribution in [0, 0.1) is 0 Å². The van der Waals surface area contributed by atoms with E-state index in [4.69, 9.17) is 9.84 Å². The van der Waals surface area contributed by atoms with E-state index in [9.17, 15) is 4.79 Å². The van der Waals surface area contributed by atoms with Gasteiger partial charge in [-0.15, -0.1) is 0 Å². The van der Waals surface area contributed by atoms with Crippen LogP contribution < -0.4 is 0 Å². The highest BCUT2D eigenvalue weighted by Gasteiger charge is 2.00. The van der Waals surface area contributed by atoms with Gasteiger partial charge in [0.2, 0.25) is 0 Å². The topological polar surface area (TPSA) is 55.8 Å². The van der Waals surface area contributed by atoms with Gasteiger partial charge in [-0.1, -0.05) is 0 Å². The number of carbonyl (C=O) groups is 1. The van der Waals surface area contributed by atoms with Crippen LogP contribution in [0.25, 0.3) is 0 Å². The highest BCUT2D eigenvalue weighted by Crippen LogP contribution is 1.96. The molecular weight excluding hydrogens is 148 g/mol. The maximum atomic E-state index is 9.70. The van der Waals surface area contributed by atoms with Gasteiger partial charge in [0, 0.05) is 6.42 Å². The van der Waals surface area contributed by atoms with Crippen LogP contribution in [0.3, 0.4) is 0 Å². The SMILES string of the molecule is CC(CCOC=O)OCCO. The molecule has 11 heavy (non-hydrogen) atoms. The average Bonchev–Trinajstić information content (AvgIpc) is 2.01. The molecule has 0 aromatic carbocycles. The Morgan fingerprint density at radius 3 is 2.82 bits per heavy atom. The molecule has 0 aliphatic carbocycles. The molecule has 0 spiro atoms. The Hall–Kier alpha value is -0.610. The summed E-state index contributed by atoms with van der Waals surface area (Å²) in [5.74, 6) is 0. The van der Waals surface area contributed by atoms with Gasteiger partial charge in [0.15, 0.2) is 0 Å². The fourth-order valence-corrected chi connectivity index (χ4v) is 0.619. The molecule has 4 nitrogen and oxygen atoms in total. The Kier molecular flexibility index (Phi) is 7.08. The van der Waals surface area contributed by atoms with Gasteiger partial charge < -0.3 is 14.6 Å². The molecule has 1 N–H and O–H groups in total. The van der Waals surface area contributed by atoms with Crippen molar-refractivity contribution in [1.29, 1.82) is 0 Å². The number of hydrogen-bond donors (Lipinski definition) is 1. The molecule has 1 atom stereocenters. The van der Waals surface area contributed by atoms with Gasteiger partial charge in [0.25, 0.3) is 6.47 Å². The molecule has 0 rings (SSSR count). The second-order valence-electron chi connectivity index (χ2n) is 2.16. The van der Waals surface area contributed by atoms with Crippen molar-refractivity contribution in [2.24, 2.45) is 0 Å². The fraction of sp³-hybridized carbons (Fsp3) is 0.857. The lowest BCUT2D eigenvalue weighted by molar-refractivity contribution is -0.129. The van der Waals surface area contributed by atoms with Crippen molar-refractivity contribution in [3.8, 4) is 0 Å². The zero-order valence-electron chi connectivity index (χ0n) is 6.66. The highest BCUT2D eigenvalue weighted by molar-refractivity contribution is 5.36. The molecule has 0 aliphatic heterocycles. The smallest absolute Gasteiger partial charge is 0.293 e. The monoisotopic (exact) mass is 162 g/mol. The Bertz CT molecular complexity index is 94.4. The molecule has 0 fully saturated rings. The number of carbonyl (C=O) groups excluding carboxylic acids is 1. The lowest BCUT2D eigenvalue weighted by atomic mass is 10.3. The van der Waals surface area contributed by atoms with E-state index < -0.39 is 0 Å². The molecular formula is C7H14O4. The summed E-state index contributed by atoms with van der Waals surface area (Å²) in [5.41, 5.74) is 0. The van der Waals surface area contributed by atoms with Crippen LogP contribution >= 0.6 is 0 Å². The lowest BCUT2D eigenvalue weighted by Gasteiger charge is -2.10. The minimum Gasteiger partial charge on any atom is -0.468 e. The second-order valence-corrected chi connectivity index (χ2v) is 2.16. The van der Waals surface area contributed by atoms with Gasteiger partial charge in [-0.05, 0) is 6.92 Å². The molecule has 66 valence electrons. The molecule has 0 saturated heterocycles. The van der Waals surface area contributed by atoms with Gasteiger partial charge in [-0.25, -0.2) is 0 Å². The molecule has 0 aliphatic rings. The van der Waals surface area contributed by atoms with Crippen LogP contribution in [0.5, 0.6) is 0 Å². The number of aliphatic hydroxyl groups excluding tert-OH is 1. The molecule has 0 aromatic heterocycles. The maximum Gasteiger partial charge on any atom is 0.293 e. The van der Waals surface area contributed by atoms with Gasteiger partial charge in [0.1, 0.15) is 0 Å². The van der Waals surface area contributed by atoms with E-state index in [0.29, 0.717) is 26.1 Å². The highest BCUT2D eigenvalue weighted by atomic mass is 16.5. The second kappa shape index (κ2) is 7.50. The van der Waals surface area contributed by atoms with E-state index >= 15 is 0 Å². The van der Waals surface area contributed by atoms with E-state index in [1.54, 1.807) is 0 Å². The summed E-state index contributed by atoms with van der Waals surface area (Å²) in [4.78, 5) is 9.70. The molecule has 0 amide bonds. The van der Waals surface area contributed by atoms with Crippen LogP contribution in [0.1, 0.15) is 13.3 Å². The first-order chi connectivity index (χ1) is 5.31. The number of hydrogen-bond acceptors (Lipinski definition) is 4. The molecule has 0 radical (unpaired) electrons. The van der Waals surface area contributed by atoms with Crippen molar-refractivity contribution in [2.45, 2.75) is 19.4 Å². The predicted molar refractivity (Wildman–Crippen MR) is 39.1 cm³/mol. The zero-order valence-corrected chi connectivity index (χ0v) is 6.66. The van der Waals surface area contributed by atoms with Gasteiger partial charge >= 0.3 is 0 Å². The van der Waals surface area contributed by atoms with Crippen LogP contribution in [0.15, 0.2) is 0 Å². The third-order valence-corrected chi connectivity index (χ3v) is 1.20. The maximum absolute atomic E-state index is 9.70. The summed E-state index contributed by atoms with van der Waals surface area (Å²) in [7, 11) is 0. The zero-order chi connectivity index (χ0) is 8.53. The molecule has 0 saturated carbocycles. The third-order valence-electron chi connectivity index (χ3n) is 1.20. The molecule has 4 heteroatoms. The standard InChI is InChI=1S/C7H14O4/c1-7(11-5-3-8)2-4-10-6-9/h6-8H,2-5H2,1H3. The number of ether oxygens (including phenoxy) is 2. The van der Waals surface area contributed by atoms with Crippen LogP contribution in [0.4, 0.5) is 0 Å².